The van der Waals surface area contributed by atoms with E-state index in [0.29, 0.717) is 28.9 Å². The normalized spacial score (nSPS) is 14.5. The molecule has 0 fully saturated rings. The van der Waals surface area contributed by atoms with Crippen molar-refractivity contribution in [3.05, 3.63) is 59.7 Å². The highest BCUT2D eigenvalue weighted by Crippen LogP contribution is 2.39. The molecule has 2 aromatic carbocycles. The number of hydrogen-bond acceptors (Lipinski definition) is 5. The Hall–Kier alpha value is -3.06. The molecule has 0 unspecified atom stereocenters. The van der Waals surface area contributed by atoms with Gasteiger partial charge in [-0.2, -0.15) is 4.98 Å². The Morgan fingerprint density at radius 2 is 2.00 bits per heavy atom. The second-order valence-electron chi connectivity index (χ2n) is 8.55. The fraction of sp³-hybridized carbons (Fsp3) is 0.348. The lowest BCUT2D eigenvalue weighted by atomic mass is 9.91. The van der Waals surface area contributed by atoms with E-state index in [9.17, 15) is 9.50 Å². The summed E-state index contributed by atoms with van der Waals surface area (Å²) in [5, 5.41) is 18.7. The number of anilines is 2. The van der Waals surface area contributed by atoms with E-state index in [0.717, 1.165) is 31.5 Å². The molecule has 30 heavy (non-hydrogen) atoms. The molecule has 0 atom stereocenters. The van der Waals surface area contributed by atoms with E-state index in [2.05, 4.69) is 27.2 Å². The molecular formula is C23H24FN5O. The number of halogens is 1. The Bertz CT molecular complexity index is 1240. The summed E-state index contributed by atoms with van der Waals surface area (Å²) in [7, 11) is 0. The average Bonchev–Trinajstić information content (AvgIpc) is 3.20. The molecule has 1 aliphatic heterocycles. The maximum Gasteiger partial charge on any atom is 0.257 e. The van der Waals surface area contributed by atoms with Gasteiger partial charge in [-0.3, -0.25) is 4.40 Å². The van der Waals surface area contributed by atoms with Crippen LogP contribution in [0.4, 0.5) is 15.9 Å². The van der Waals surface area contributed by atoms with Gasteiger partial charge in [0.1, 0.15) is 18.0 Å². The van der Waals surface area contributed by atoms with E-state index in [-0.39, 0.29) is 5.82 Å². The molecule has 7 heteroatoms. The van der Waals surface area contributed by atoms with E-state index < -0.39 is 5.60 Å². The summed E-state index contributed by atoms with van der Waals surface area (Å²) >= 11 is 0. The maximum absolute atomic E-state index is 15.0. The smallest absolute Gasteiger partial charge is 0.257 e. The molecule has 0 radical (unpaired) electrons. The van der Waals surface area contributed by atoms with Crippen molar-refractivity contribution in [2.75, 3.05) is 11.4 Å². The van der Waals surface area contributed by atoms with Crippen LogP contribution >= 0.6 is 0 Å². The van der Waals surface area contributed by atoms with E-state index >= 15 is 0 Å². The summed E-state index contributed by atoms with van der Waals surface area (Å²) in [6.45, 7) is 4.42. The van der Waals surface area contributed by atoms with Gasteiger partial charge in [-0.05, 0) is 68.9 Å². The third kappa shape index (κ3) is 3.19. The highest BCUT2D eigenvalue weighted by Gasteiger charge is 2.26. The largest absolute Gasteiger partial charge is 0.390 e. The fourth-order valence-corrected chi connectivity index (χ4v) is 4.35. The van der Waals surface area contributed by atoms with Crippen molar-refractivity contribution in [3.8, 4) is 0 Å². The molecule has 5 rings (SSSR count). The zero-order chi connectivity index (χ0) is 20.9. The summed E-state index contributed by atoms with van der Waals surface area (Å²) in [4.78, 5) is 6.80. The van der Waals surface area contributed by atoms with Crippen LogP contribution < -0.4 is 4.90 Å². The predicted octanol–water partition coefficient (Wildman–Crippen LogP) is 4.20. The van der Waals surface area contributed by atoms with Gasteiger partial charge in [-0.25, -0.2) is 4.39 Å². The van der Waals surface area contributed by atoms with Gasteiger partial charge < -0.3 is 10.0 Å². The lowest BCUT2D eigenvalue weighted by molar-refractivity contribution is 0.0713. The van der Waals surface area contributed by atoms with Crippen LogP contribution in [0.25, 0.3) is 16.7 Å². The summed E-state index contributed by atoms with van der Waals surface area (Å²) in [6.07, 6.45) is 4.95. The van der Waals surface area contributed by atoms with E-state index in [1.165, 1.54) is 17.2 Å². The number of benzene rings is 2. The Labute approximate surface area is 174 Å². The van der Waals surface area contributed by atoms with Crippen molar-refractivity contribution < 1.29 is 9.50 Å². The Morgan fingerprint density at radius 3 is 2.83 bits per heavy atom. The maximum atomic E-state index is 15.0. The molecule has 0 saturated heterocycles. The molecule has 1 N–H and O–H groups in total. The minimum absolute atomic E-state index is 0.309. The zero-order valence-electron chi connectivity index (χ0n) is 17.1. The van der Waals surface area contributed by atoms with Gasteiger partial charge in [0.05, 0.1) is 16.5 Å². The minimum atomic E-state index is -0.712. The summed E-state index contributed by atoms with van der Waals surface area (Å²) < 4.78 is 16.7. The number of hydrogen-bond donors (Lipinski definition) is 1. The molecule has 4 aromatic rings. The van der Waals surface area contributed by atoms with Crippen molar-refractivity contribution in [3.63, 3.8) is 0 Å². The average molecular weight is 405 g/mol. The highest BCUT2D eigenvalue weighted by atomic mass is 19.1. The van der Waals surface area contributed by atoms with Crippen LogP contribution in [-0.2, 0) is 12.8 Å². The number of rotatable bonds is 4. The van der Waals surface area contributed by atoms with Gasteiger partial charge in [-0.1, -0.05) is 18.2 Å². The monoisotopic (exact) mass is 405 g/mol. The fourth-order valence-electron chi connectivity index (χ4n) is 4.35. The van der Waals surface area contributed by atoms with Gasteiger partial charge in [0.2, 0.25) is 0 Å². The van der Waals surface area contributed by atoms with Crippen LogP contribution in [0.3, 0.4) is 0 Å². The topological polar surface area (TPSA) is 66.5 Å². The Balaban J connectivity index is 1.67. The van der Waals surface area contributed by atoms with Gasteiger partial charge in [0, 0.05) is 12.2 Å². The first-order valence-corrected chi connectivity index (χ1v) is 10.3. The number of aryl methyl sites for hydroxylation is 1. The van der Waals surface area contributed by atoms with Crippen molar-refractivity contribution in [2.45, 2.75) is 45.1 Å². The van der Waals surface area contributed by atoms with Crippen LogP contribution in [0, 0.1) is 5.82 Å². The van der Waals surface area contributed by atoms with Gasteiger partial charge in [-0.15, -0.1) is 10.2 Å². The number of aliphatic hydroxyl groups is 1. The quantitative estimate of drug-likeness (QED) is 0.551. The molecule has 154 valence electrons. The van der Waals surface area contributed by atoms with Crippen LogP contribution in [-0.4, -0.2) is 36.8 Å². The molecule has 0 spiro atoms. The highest BCUT2D eigenvalue weighted by molar-refractivity contribution is 5.94. The van der Waals surface area contributed by atoms with Crippen molar-refractivity contribution >= 4 is 28.2 Å². The van der Waals surface area contributed by atoms with Crippen LogP contribution in [0.15, 0.2) is 42.7 Å². The summed E-state index contributed by atoms with van der Waals surface area (Å²) in [6, 6.07) is 11.3. The second kappa shape index (κ2) is 7.02. The number of aromatic nitrogens is 4. The molecular weight excluding hydrogens is 381 g/mol. The molecule has 1 aliphatic rings. The Kier molecular flexibility index (Phi) is 4.43. The first-order valence-electron chi connectivity index (χ1n) is 10.3. The first kappa shape index (κ1) is 18.9. The molecule has 0 saturated carbocycles. The van der Waals surface area contributed by atoms with Gasteiger partial charge in [0.15, 0.2) is 0 Å². The van der Waals surface area contributed by atoms with Crippen molar-refractivity contribution in [1.82, 2.24) is 19.6 Å². The SMILES string of the molecule is CC(C)(O)CCc1cccc2c1CCCN2c1nc2nncn2c2cccc(F)c12. The first-order chi connectivity index (χ1) is 14.4. The minimum Gasteiger partial charge on any atom is -0.390 e. The van der Waals surface area contributed by atoms with E-state index in [1.54, 1.807) is 16.8 Å². The number of nitrogens with zero attached hydrogens (tertiary/aromatic N) is 5. The van der Waals surface area contributed by atoms with Crippen molar-refractivity contribution in [2.24, 2.45) is 0 Å². The van der Waals surface area contributed by atoms with Crippen LogP contribution in [0.5, 0.6) is 0 Å². The van der Waals surface area contributed by atoms with Gasteiger partial charge in [0.25, 0.3) is 5.78 Å². The zero-order valence-corrected chi connectivity index (χ0v) is 17.1. The van der Waals surface area contributed by atoms with Crippen LogP contribution in [0.2, 0.25) is 0 Å². The Morgan fingerprint density at radius 1 is 1.17 bits per heavy atom. The predicted molar refractivity (Wildman–Crippen MR) is 115 cm³/mol. The van der Waals surface area contributed by atoms with E-state index in [4.69, 9.17) is 4.98 Å². The molecule has 2 aromatic heterocycles. The summed E-state index contributed by atoms with van der Waals surface area (Å²) in [5.41, 5.74) is 3.52. The lowest BCUT2D eigenvalue weighted by Gasteiger charge is -2.33. The van der Waals surface area contributed by atoms with Crippen LogP contribution in [0.1, 0.15) is 37.8 Å². The molecule has 0 amide bonds. The van der Waals surface area contributed by atoms with Gasteiger partial charge >= 0.3 is 0 Å². The third-order valence-electron chi connectivity index (χ3n) is 5.82. The molecule has 0 bridgehead atoms. The third-order valence-corrected chi connectivity index (χ3v) is 5.82. The molecule has 3 heterocycles. The molecule has 6 nitrogen and oxygen atoms in total. The molecule has 0 aliphatic carbocycles. The number of fused-ring (bicyclic) bond motifs is 4. The lowest BCUT2D eigenvalue weighted by Crippen LogP contribution is -2.27. The summed E-state index contributed by atoms with van der Waals surface area (Å²) in [5.74, 6) is 0.716. The second-order valence-corrected chi connectivity index (χ2v) is 8.55. The standard InChI is InChI=1S/C23H24FN5O/c1-23(2,30)12-11-15-6-3-9-18-16(15)7-5-13-28(18)21-20-17(24)8-4-10-19(20)29-14-25-27-22(29)26-21/h3-4,6,8-10,14,30H,5,7,11-13H2,1-2H3. The van der Waals surface area contributed by atoms with Crippen molar-refractivity contribution in [1.29, 1.82) is 0 Å². The van der Waals surface area contributed by atoms with E-state index in [1.807, 2.05) is 26.0 Å².